The average molecular weight is 855 g/mol. The van der Waals surface area contributed by atoms with Crippen LogP contribution in [0.4, 0.5) is 0 Å². The second kappa shape index (κ2) is 20.5. The molecule has 2 aromatic carbocycles. The first-order chi connectivity index (χ1) is 28.1. The van der Waals surface area contributed by atoms with Gasteiger partial charge in [0.05, 0.1) is 52.2 Å². The molecule has 19 heteroatoms. The average Bonchev–Trinajstić information content (AvgIpc) is 3.86. The lowest BCUT2D eigenvalue weighted by atomic mass is 9.95. The Kier molecular flexibility index (Phi) is 15.5. The minimum atomic E-state index is -3.30. The van der Waals surface area contributed by atoms with Crippen LogP contribution in [0, 0.1) is 20.2 Å². The Morgan fingerprint density at radius 3 is 1.64 bits per heavy atom. The van der Waals surface area contributed by atoms with Crippen molar-refractivity contribution in [3.8, 4) is 22.5 Å². The van der Waals surface area contributed by atoms with Crippen LogP contribution in [0.25, 0.3) is 28.6 Å². The molecule has 4 aromatic rings. The number of Topliss-reactive ketones (excluding diaryl/α,β-unsaturated/α-hetero) is 1. The summed E-state index contributed by atoms with van der Waals surface area (Å²) in [5.41, 5.74) is 4.48. The van der Waals surface area contributed by atoms with Crippen LogP contribution in [0.2, 0.25) is 0 Å². The number of hydrogen-bond donors (Lipinski definition) is 0. The van der Waals surface area contributed by atoms with Gasteiger partial charge in [0.2, 0.25) is 0 Å². The lowest BCUT2D eigenvalue weighted by Crippen LogP contribution is -2.16. The second-order valence-corrected chi connectivity index (χ2v) is 18.8. The number of hydrogen-bond acceptors (Lipinski definition) is 13. The zero-order valence-corrected chi connectivity index (χ0v) is 34.8. The molecule has 318 valence electrons. The number of aromatic nitrogens is 4. The lowest BCUT2D eigenvalue weighted by molar-refractivity contribution is -0.757. The topological polar surface area (TPSA) is 226 Å². The van der Waals surface area contributed by atoms with Gasteiger partial charge >= 0.3 is 0 Å². The van der Waals surface area contributed by atoms with E-state index < -0.39 is 29.8 Å². The SMILES string of the molecule is CS(=O)(=O)c1ccc(-c2cc(C(=O)CCCO[N+](=O)[O-])nn2C2CCCCC2)cc1.CS(=O)(=O)c1ccc(-c2cc(C=CCCO[N+](=O)[O-])nn2C2CCCCC2)cc1. The van der Waals surface area contributed by atoms with Crippen LogP contribution < -0.4 is 0 Å². The highest BCUT2D eigenvalue weighted by molar-refractivity contribution is 7.91. The molecular formula is C40H50N6O11S2. The summed E-state index contributed by atoms with van der Waals surface area (Å²) in [6.07, 6.45) is 17.7. The van der Waals surface area contributed by atoms with Crippen molar-refractivity contribution in [2.24, 2.45) is 0 Å². The third-order valence-corrected chi connectivity index (χ3v) is 12.5. The molecule has 59 heavy (non-hydrogen) atoms. The summed E-state index contributed by atoms with van der Waals surface area (Å²) in [5, 5.41) is 28.1. The van der Waals surface area contributed by atoms with E-state index in [4.69, 9.17) is 5.10 Å². The Morgan fingerprint density at radius 1 is 0.712 bits per heavy atom. The Morgan fingerprint density at radius 2 is 1.17 bits per heavy atom. The van der Waals surface area contributed by atoms with Crippen molar-refractivity contribution in [3.63, 3.8) is 0 Å². The molecule has 17 nitrogen and oxygen atoms in total. The number of benzene rings is 2. The molecule has 0 atom stereocenters. The van der Waals surface area contributed by atoms with Gasteiger partial charge in [-0.05, 0) is 92.1 Å². The molecule has 2 aliphatic rings. The maximum absolute atomic E-state index is 12.6. The van der Waals surface area contributed by atoms with E-state index in [1.807, 2.05) is 33.6 Å². The van der Waals surface area contributed by atoms with Crippen molar-refractivity contribution >= 4 is 31.5 Å². The van der Waals surface area contributed by atoms with E-state index >= 15 is 0 Å². The van der Waals surface area contributed by atoms with Gasteiger partial charge in [-0.2, -0.15) is 10.2 Å². The van der Waals surface area contributed by atoms with Crippen molar-refractivity contribution in [2.45, 2.75) is 105 Å². The normalized spacial score (nSPS) is 15.4. The van der Waals surface area contributed by atoms with Gasteiger partial charge in [-0.1, -0.05) is 68.9 Å². The molecule has 2 fully saturated rings. The van der Waals surface area contributed by atoms with Crippen molar-refractivity contribution in [1.29, 1.82) is 0 Å². The van der Waals surface area contributed by atoms with Gasteiger partial charge in [-0.25, -0.2) is 16.8 Å². The minimum absolute atomic E-state index is 0.00659. The quantitative estimate of drug-likeness (QED) is 0.0430. The van der Waals surface area contributed by atoms with Crippen molar-refractivity contribution in [1.82, 2.24) is 19.6 Å². The molecule has 0 saturated heterocycles. The van der Waals surface area contributed by atoms with E-state index in [1.54, 1.807) is 48.5 Å². The monoisotopic (exact) mass is 854 g/mol. The van der Waals surface area contributed by atoms with Crippen molar-refractivity contribution in [2.75, 3.05) is 25.7 Å². The number of carbonyl (C=O) groups excluding carboxylic acids is 1. The summed E-state index contributed by atoms with van der Waals surface area (Å²) in [5.74, 6) is -0.203. The highest BCUT2D eigenvalue weighted by Gasteiger charge is 2.24. The van der Waals surface area contributed by atoms with Crippen LogP contribution in [0.15, 0.2) is 76.5 Å². The molecule has 0 radical (unpaired) electrons. The number of sulfone groups is 2. The number of ketones is 1. The Hall–Kier alpha value is -5.43. The summed E-state index contributed by atoms with van der Waals surface area (Å²) in [7, 11) is -6.54. The number of rotatable bonds is 17. The first-order valence-corrected chi connectivity index (χ1v) is 23.4. The molecule has 2 aromatic heterocycles. The largest absolute Gasteiger partial charge is 0.314 e. The standard InChI is InChI=1S/C20H25N3O6S.C20H25N3O5S/c1-30(27,28)17-11-9-15(10-12-17)19-14-18(20(24)8-5-13-29-23(25)26)21-22(19)16-6-3-2-4-7-16;1-29(26,27)19-12-10-16(11-13-19)20-15-17(7-5-6-14-28-23(24)25)21-22(20)18-8-3-2-4-9-18/h9-12,14,16H,2-8,13H2,1H3;5,7,10-13,15,18H,2-4,6,8-9,14H2,1H3. The van der Waals surface area contributed by atoms with Gasteiger partial charge in [-0.15, -0.1) is 20.2 Å². The molecule has 0 N–H and O–H groups in total. The fraction of sp³-hybridized carbons (Fsp3) is 0.475. The number of nitrogens with zero attached hydrogens (tertiary/aromatic N) is 6. The molecule has 0 aliphatic heterocycles. The predicted octanol–water partition coefficient (Wildman–Crippen LogP) is 7.70. The molecule has 6 rings (SSSR count). The van der Waals surface area contributed by atoms with Crippen LogP contribution in [0.5, 0.6) is 0 Å². The molecule has 2 saturated carbocycles. The Balaban J connectivity index is 0.000000224. The van der Waals surface area contributed by atoms with Crippen molar-refractivity contribution < 1.29 is 41.5 Å². The van der Waals surface area contributed by atoms with Crippen LogP contribution in [-0.4, -0.2) is 78.1 Å². The molecule has 0 spiro atoms. The van der Waals surface area contributed by atoms with Gasteiger partial charge < -0.3 is 9.68 Å². The van der Waals surface area contributed by atoms with E-state index in [0.29, 0.717) is 18.2 Å². The summed E-state index contributed by atoms with van der Waals surface area (Å²) in [6, 6.07) is 17.6. The smallest absolute Gasteiger partial charge is 0.294 e. The predicted molar refractivity (Wildman–Crippen MR) is 219 cm³/mol. The fourth-order valence-corrected chi connectivity index (χ4v) is 8.57. The summed E-state index contributed by atoms with van der Waals surface area (Å²) in [4.78, 5) is 42.1. The van der Waals surface area contributed by atoms with Gasteiger partial charge in [0.25, 0.3) is 10.2 Å². The summed E-state index contributed by atoms with van der Waals surface area (Å²) < 4.78 is 50.9. The molecule has 0 bridgehead atoms. The second-order valence-electron chi connectivity index (χ2n) is 14.8. The Bertz CT molecular complexity index is 2310. The third-order valence-electron chi connectivity index (χ3n) is 10.3. The molecular weight excluding hydrogens is 805 g/mol. The maximum atomic E-state index is 12.6. The van der Waals surface area contributed by atoms with E-state index in [-0.39, 0.29) is 47.7 Å². The van der Waals surface area contributed by atoms with E-state index in [0.717, 1.165) is 73.0 Å². The highest BCUT2D eigenvalue weighted by Crippen LogP contribution is 2.35. The molecule has 2 heterocycles. The number of carbonyl (C=O) groups is 1. The first kappa shape index (κ1) is 44.7. The van der Waals surface area contributed by atoms with Crippen LogP contribution in [0.1, 0.15) is 112 Å². The first-order valence-electron chi connectivity index (χ1n) is 19.6. The van der Waals surface area contributed by atoms with E-state index in [1.165, 1.54) is 31.9 Å². The molecule has 2 aliphatic carbocycles. The maximum Gasteiger partial charge on any atom is 0.294 e. The molecule has 0 amide bonds. The van der Waals surface area contributed by atoms with Crippen LogP contribution in [0.3, 0.4) is 0 Å². The van der Waals surface area contributed by atoms with Crippen LogP contribution >= 0.6 is 0 Å². The fourth-order valence-electron chi connectivity index (χ4n) is 7.31. The highest BCUT2D eigenvalue weighted by atomic mass is 32.2. The van der Waals surface area contributed by atoms with Gasteiger partial charge in [0.1, 0.15) is 5.69 Å². The third kappa shape index (κ3) is 13.0. The Labute approximate surface area is 343 Å². The zero-order valence-electron chi connectivity index (χ0n) is 33.2. The van der Waals surface area contributed by atoms with Crippen molar-refractivity contribution in [3.05, 3.63) is 98.4 Å². The van der Waals surface area contributed by atoms with Gasteiger partial charge in [0, 0.05) is 18.9 Å². The van der Waals surface area contributed by atoms with Crippen LogP contribution in [-0.2, 0) is 29.3 Å². The van der Waals surface area contributed by atoms with Gasteiger partial charge in [0.15, 0.2) is 25.5 Å². The summed E-state index contributed by atoms with van der Waals surface area (Å²) in [6.45, 7) is -0.130. The lowest BCUT2D eigenvalue weighted by Gasteiger charge is -2.24. The minimum Gasteiger partial charge on any atom is -0.314 e. The van der Waals surface area contributed by atoms with Gasteiger partial charge in [-0.3, -0.25) is 14.2 Å². The summed E-state index contributed by atoms with van der Waals surface area (Å²) >= 11 is 0. The van der Waals surface area contributed by atoms with E-state index in [2.05, 4.69) is 14.8 Å². The molecule has 0 unspecified atom stereocenters. The zero-order chi connectivity index (χ0) is 42.6. The van der Waals surface area contributed by atoms with E-state index in [9.17, 15) is 41.9 Å².